The molecule has 0 saturated carbocycles. The van der Waals surface area contributed by atoms with Crippen molar-refractivity contribution in [1.82, 2.24) is 0 Å². The van der Waals surface area contributed by atoms with Crippen LogP contribution in [0.1, 0.15) is 22.0 Å². The van der Waals surface area contributed by atoms with Crippen molar-refractivity contribution in [3.05, 3.63) is 86.3 Å². The summed E-state index contributed by atoms with van der Waals surface area (Å²) in [6.07, 6.45) is 0. The highest BCUT2D eigenvalue weighted by Gasteiger charge is 2.48. The molecule has 0 bridgehead atoms. The molecule has 1 unspecified atom stereocenters. The van der Waals surface area contributed by atoms with Gasteiger partial charge in [0, 0.05) is 16.1 Å². The third kappa shape index (κ3) is 3.60. The van der Waals surface area contributed by atoms with Crippen LogP contribution in [0.15, 0.2) is 59.5 Å². The van der Waals surface area contributed by atoms with Gasteiger partial charge in [0.2, 0.25) is 0 Å². The Labute approximate surface area is 187 Å². The van der Waals surface area contributed by atoms with Gasteiger partial charge < -0.3 is 9.84 Å². The number of benzene rings is 2. The number of hydrogen-bond acceptors (Lipinski definition) is 5. The molecule has 1 aliphatic rings. The predicted octanol–water partition coefficient (Wildman–Crippen LogP) is 5.48. The van der Waals surface area contributed by atoms with Gasteiger partial charge in [-0.05, 0) is 66.4 Å². The molecule has 0 spiro atoms. The van der Waals surface area contributed by atoms with E-state index in [-0.39, 0.29) is 16.2 Å². The van der Waals surface area contributed by atoms with Crippen molar-refractivity contribution in [2.24, 2.45) is 0 Å². The van der Waals surface area contributed by atoms with E-state index in [9.17, 15) is 19.1 Å². The van der Waals surface area contributed by atoms with Crippen molar-refractivity contribution >= 4 is 46.1 Å². The van der Waals surface area contributed by atoms with Crippen LogP contribution in [0.5, 0.6) is 5.75 Å². The third-order valence-corrected chi connectivity index (χ3v) is 6.53. The van der Waals surface area contributed by atoms with E-state index in [4.69, 9.17) is 16.3 Å². The van der Waals surface area contributed by atoms with Gasteiger partial charge in [-0.2, -0.15) is 0 Å². The first-order chi connectivity index (χ1) is 14.8. The van der Waals surface area contributed by atoms with Gasteiger partial charge in [0.1, 0.15) is 23.4 Å². The topological polar surface area (TPSA) is 66.8 Å². The first-order valence-electron chi connectivity index (χ1n) is 9.28. The summed E-state index contributed by atoms with van der Waals surface area (Å²) in [5.74, 6) is -2.09. The van der Waals surface area contributed by atoms with Crippen LogP contribution in [0, 0.1) is 12.7 Å². The molecule has 1 amide bonds. The third-order valence-electron chi connectivity index (χ3n) is 5.13. The lowest BCUT2D eigenvalue weighted by Gasteiger charge is -2.25. The maximum absolute atomic E-state index is 13.5. The molecule has 31 heavy (non-hydrogen) atoms. The van der Waals surface area contributed by atoms with Crippen LogP contribution < -0.4 is 9.64 Å². The van der Waals surface area contributed by atoms with Crippen molar-refractivity contribution in [2.45, 2.75) is 13.0 Å². The summed E-state index contributed by atoms with van der Waals surface area (Å²) in [6.45, 7) is 1.86. The number of aryl methyl sites for hydroxylation is 1. The van der Waals surface area contributed by atoms with E-state index in [0.717, 1.165) is 5.56 Å². The molecular formula is C23H17ClFNO4S. The highest BCUT2D eigenvalue weighted by Crippen LogP contribution is 2.45. The second kappa shape index (κ2) is 8.17. The summed E-state index contributed by atoms with van der Waals surface area (Å²) in [5, 5.41) is 13.2. The second-order valence-corrected chi connectivity index (χ2v) is 8.31. The quantitative estimate of drug-likeness (QED) is 0.320. The fourth-order valence-electron chi connectivity index (χ4n) is 3.57. The number of nitrogens with zero attached hydrogens (tertiary/aromatic N) is 1. The van der Waals surface area contributed by atoms with Gasteiger partial charge in [-0.1, -0.05) is 11.6 Å². The summed E-state index contributed by atoms with van der Waals surface area (Å²) >= 11 is 7.64. The average Bonchev–Trinajstić information content (AvgIpc) is 3.29. The monoisotopic (exact) mass is 457 g/mol. The Balaban J connectivity index is 1.97. The summed E-state index contributed by atoms with van der Waals surface area (Å²) < 4.78 is 18.7. The number of methoxy groups -OCH3 is 1. The van der Waals surface area contributed by atoms with E-state index in [2.05, 4.69) is 0 Å². The molecule has 0 radical (unpaired) electrons. The number of anilines is 1. The number of carbonyl (C=O) groups is 2. The first kappa shape index (κ1) is 21.1. The smallest absolute Gasteiger partial charge is 0.300 e. The highest BCUT2D eigenvalue weighted by molar-refractivity contribution is 7.10. The highest BCUT2D eigenvalue weighted by atomic mass is 35.5. The molecule has 0 aliphatic carbocycles. The molecule has 4 rings (SSSR count). The molecule has 1 saturated heterocycles. The number of rotatable bonds is 4. The fraction of sp³-hybridized carbons (Fsp3) is 0.130. The van der Waals surface area contributed by atoms with Crippen LogP contribution >= 0.6 is 22.9 Å². The first-order valence-corrected chi connectivity index (χ1v) is 10.5. The molecule has 158 valence electrons. The molecule has 8 heteroatoms. The molecule has 1 N–H and O–H groups in total. The van der Waals surface area contributed by atoms with Gasteiger partial charge in [-0.25, -0.2) is 4.39 Å². The number of amides is 1. The Morgan fingerprint density at radius 1 is 1.16 bits per heavy atom. The minimum Gasteiger partial charge on any atom is -0.507 e. The second-order valence-electron chi connectivity index (χ2n) is 6.96. The van der Waals surface area contributed by atoms with Crippen LogP contribution in [0.4, 0.5) is 10.1 Å². The molecule has 2 aromatic carbocycles. The average molecular weight is 458 g/mol. The fourth-order valence-corrected chi connectivity index (χ4v) is 4.80. The largest absolute Gasteiger partial charge is 0.507 e. The van der Waals surface area contributed by atoms with E-state index in [0.29, 0.717) is 16.3 Å². The number of thiophene rings is 1. The van der Waals surface area contributed by atoms with Crippen molar-refractivity contribution in [3.8, 4) is 5.75 Å². The molecule has 5 nitrogen and oxygen atoms in total. The Hall–Kier alpha value is -3.16. The predicted molar refractivity (Wildman–Crippen MR) is 118 cm³/mol. The van der Waals surface area contributed by atoms with Crippen molar-refractivity contribution < 1.29 is 23.8 Å². The lowest BCUT2D eigenvalue weighted by molar-refractivity contribution is -0.132. The van der Waals surface area contributed by atoms with Gasteiger partial charge in [0.15, 0.2) is 0 Å². The van der Waals surface area contributed by atoms with E-state index in [1.807, 2.05) is 18.4 Å². The zero-order valence-corrected chi connectivity index (χ0v) is 18.1. The molecular weight excluding hydrogens is 441 g/mol. The normalized spacial score (nSPS) is 17.9. The Kier molecular flexibility index (Phi) is 5.56. The minimum atomic E-state index is -0.882. The maximum Gasteiger partial charge on any atom is 0.300 e. The van der Waals surface area contributed by atoms with Crippen LogP contribution in [0.3, 0.4) is 0 Å². The Bertz CT molecular complexity index is 1220. The van der Waals surface area contributed by atoms with Gasteiger partial charge >= 0.3 is 0 Å². The summed E-state index contributed by atoms with van der Waals surface area (Å²) in [7, 11) is 1.47. The van der Waals surface area contributed by atoms with Crippen molar-refractivity contribution in [2.75, 3.05) is 12.0 Å². The van der Waals surface area contributed by atoms with Crippen LogP contribution in [0.2, 0.25) is 5.02 Å². The zero-order chi connectivity index (χ0) is 22.3. The van der Waals surface area contributed by atoms with Gasteiger partial charge in [0.25, 0.3) is 11.7 Å². The number of halogens is 2. The van der Waals surface area contributed by atoms with Crippen molar-refractivity contribution in [1.29, 1.82) is 0 Å². The Morgan fingerprint density at radius 3 is 2.48 bits per heavy atom. The van der Waals surface area contributed by atoms with Crippen molar-refractivity contribution in [3.63, 3.8) is 0 Å². The number of hydrogen-bond donors (Lipinski definition) is 1. The number of ether oxygens (including phenoxy) is 1. The van der Waals surface area contributed by atoms with E-state index >= 15 is 0 Å². The lowest BCUT2D eigenvalue weighted by atomic mass is 9.98. The SMILES string of the molecule is COc1ccc(Cl)c(/C(O)=C2\C(=O)C(=O)N(c3ccc(F)cc3)C2c2sccc2C)c1. The number of aliphatic hydroxyl groups is 1. The Morgan fingerprint density at radius 2 is 1.87 bits per heavy atom. The van der Waals surface area contributed by atoms with E-state index in [1.54, 1.807) is 6.07 Å². The number of aliphatic hydroxyl groups excluding tert-OH is 1. The molecule has 3 aromatic rings. The van der Waals surface area contributed by atoms with Gasteiger partial charge in [-0.3, -0.25) is 14.5 Å². The number of carbonyl (C=O) groups excluding carboxylic acids is 2. The van der Waals surface area contributed by atoms with E-state index in [1.165, 1.54) is 59.7 Å². The zero-order valence-electron chi connectivity index (χ0n) is 16.6. The van der Waals surface area contributed by atoms with Crippen LogP contribution in [-0.4, -0.2) is 23.9 Å². The van der Waals surface area contributed by atoms with Crippen LogP contribution in [0.25, 0.3) is 5.76 Å². The maximum atomic E-state index is 13.5. The summed E-state index contributed by atoms with van der Waals surface area (Å²) in [6, 6.07) is 10.9. The number of Topliss-reactive ketones (excluding diaryl/α,β-unsaturated/α-hetero) is 1. The van der Waals surface area contributed by atoms with Crippen LogP contribution in [-0.2, 0) is 9.59 Å². The van der Waals surface area contributed by atoms with E-state index < -0.39 is 29.3 Å². The molecule has 1 atom stereocenters. The summed E-state index contributed by atoms with van der Waals surface area (Å²) in [4.78, 5) is 28.1. The van der Waals surface area contributed by atoms with Gasteiger partial charge in [-0.15, -0.1) is 11.3 Å². The number of ketones is 1. The summed E-state index contributed by atoms with van der Waals surface area (Å²) in [5.41, 5.74) is 1.29. The van der Waals surface area contributed by atoms with Gasteiger partial charge in [0.05, 0.1) is 17.7 Å². The lowest BCUT2D eigenvalue weighted by Crippen LogP contribution is -2.29. The molecule has 1 aromatic heterocycles. The standard InChI is InChI=1S/C23H17ClFNO4S/c1-12-9-10-31-22(12)19-18(20(27)16-11-15(30-2)7-8-17(16)24)21(28)23(29)26(19)14-5-3-13(25)4-6-14/h3-11,19,27H,1-2H3/b20-18+. The molecule has 2 heterocycles. The molecule has 1 fully saturated rings. The minimum absolute atomic E-state index is 0.0879. The molecule has 1 aliphatic heterocycles.